The van der Waals surface area contributed by atoms with Crippen molar-refractivity contribution >= 4 is 23.4 Å². The predicted molar refractivity (Wildman–Crippen MR) is 87.1 cm³/mol. The van der Waals surface area contributed by atoms with Gasteiger partial charge >= 0.3 is 5.97 Å². The molecular weight excluding hydrogens is 318 g/mol. The molecule has 0 atom stereocenters. The van der Waals surface area contributed by atoms with Crippen molar-refractivity contribution in [1.29, 1.82) is 0 Å². The van der Waals surface area contributed by atoms with Crippen LogP contribution in [0.3, 0.4) is 0 Å². The van der Waals surface area contributed by atoms with Gasteiger partial charge in [-0.15, -0.1) is 11.8 Å². The number of nitrogens with zero attached hydrogens (tertiary/aromatic N) is 1. The first kappa shape index (κ1) is 16.8. The van der Waals surface area contributed by atoms with Gasteiger partial charge in [0.1, 0.15) is 11.5 Å². The van der Waals surface area contributed by atoms with Gasteiger partial charge in [-0.25, -0.2) is 0 Å². The molecule has 0 aliphatic heterocycles. The molecule has 7 heteroatoms. The lowest BCUT2D eigenvalue weighted by Gasteiger charge is -2.05. The van der Waals surface area contributed by atoms with Crippen LogP contribution in [0.25, 0.3) is 0 Å². The van der Waals surface area contributed by atoms with Crippen LogP contribution in [0.5, 0.6) is 11.5 Å². The van der Waals surface area contributed by atoms with Crippen molar-refractivity contribution in [2.45, 2.75) is 11.8 Å². The summed E-state index contributed by atoms with van der Waals surface area (Å²) in [6, 6.07) is 12.8. The Kier molecular flexibility index (Phi) is 5.99. The number of esters is 1. The molecule has 0 N–H and O–H groups in total. The van der Waals surface area contributed by atoms with E-state index in [1.807, 2.05) is 31.2 Å². The zero-order valence-corrected chi connectivity index (χ0v) is 13.2. The van der Waals surface area contributed by atoms with Crippen molar-refractivity contribution in [1.82, 2.24) is 0 Å². The lowest BCUT2D eigenvalue weighted by molar-refractivity contribution is -0.384. The lowest BCUT2D eigenvalue weighted by atomic mass is 10.3. The third-order valence-electron chi connectivity index (χ3n) is 2.77. The molecule has 0 aliphatic carbocycles. The standard InChI is InChI=1S/C16H15NO5S/c1-2-21-13-7-9-15(10-8-13)23-11-16(18)22-14-5-3-12(4-6-14)17(19)20/h3-10H,2,11H2,1H3. The maximum Gasteiger partial charge on any atom is 0.321 e. The molecule has 0 aromatic heterocycles. The van der Waals surface area contributed by atoms with E-state index in [0.717, 1.165) is 10.6 Å². The molecule has 0 fully saturated rings. The van der Waals surface area contributed by atoms with Crippen molar-refractivity contribution in [2.24, 2.45) is 0 Å². The molecule has 0 saturated heterocycles. The van der Waals surface area contributed by atoms with Gasteiger partial charge in [0.05, 0.1) is 17.3 Å². The molecule has 0 radical (unpaired) electrons. The van der Waals surface area contributed by atoms with E-state index in [0.29, 0.717) is 6.61 Å². The van der Waals surface area contributed by atoms with E-state index in [1.165, 1.54) is 36.0 Å². The first-order chi connectivity index (χ1) is 11.1. The third kappa shape index (κ3) is 5.30. The molecule has 0 unspecified atom stereocenters. The second-order valence-corrected chi connectivity index (χ2v) is 5.47. The van der Waals surface area contributed by atoms with Gasteiger partial charge in [-0.05, 0) is 43.3 Å². The van der Waals surface area contributed by atoms with Crippen LogP contribution in [0.1, 0.15) is 6.92 Å². The number of hydrogen-bond donors (Lipinski definition) is 0. The Balaban J connectivity index is 1.83. The fourth-order valence-corrected chi connectivity index (χ4v) is 2.41. The van der Waals surface area contributed by atoms with Crippen molar-refractivity contribution in [2.75, 3.05) is 12.4 Å². The Morgan fingerprint density at radius 3 is 2.26 bits per heavy atom. The summed E-state index contributed by atoms with van der Waals surface area (Å²) in [6.07, 6.45) is 0. The SMILES string of the molecule is CCOc1ccc(SCC(=O)Oc2ccc([N+](=O)[O-])cc2)cc1. The number of benzene rings is 2. The predicted octanol–water partition coefficient (Wildman–Crippen LogP) is 3.69. The van der Waals surface area contributed by atoms with Gasteiger partial charge in [-0.3, -0.25) is 14.9 Å². The molecule has 2 aromatic carbocycles. The summed E-state index contributed by atoms with van der Waals surface area (Å²) in [5, 5.41) is 10.5. The Morgan fingerprint density at radius 1 is 1.09 bits per heavy atom. The minimum Gasteiger partial charge on any atom is -0.494 e. The second kappa shape index (κ2) is 8.19. The summed E-state index contributed by atoms with van der Waals surface area (Å²) < 4.78 is 10.5. The highest BCUT2D eigenvalue weighted by Crippen LogP contribution is 2.22. The first-order valence-corrected chi connectivity index (χ1v) is 7.88. The Hall–Kier alpha value is -2.54. The zero-order chi connectivity index (χ0) is 16.7. The van der Waals surface area contributed by atoms with Gasteiger partial charge in [0.2, 0.25) is 0 Å². The van der Waals surface area contributed by atoms with Gasteiger partial charge in [0, 0.05) is 17.0 Å². The maximum atomic E-state index is 11.8. The highest BCUT2D eigenvalue weighted by Gasteiger charge is 2.09. The smallest absolute Gasteiger partial charge is 0.321 e. The minimum absolute atomic E-state index is 0.0476. The van der Waals surface area contributed by atoms with Gasteiger partial charge in [0.15, 0.2) is 0 Å². The summed E-state index contributed by atoms with van der Waals surface area (Å²) in [7, 11) is 0. The van der Waals surface area contributed by atoms with Gasteiger partial charge in [-0.2, -0.15) is 0 Å². The van der Waals surface area contributed by atoms with Crippen LogP contribution >= 0.6 is 11.8 Å². The average Bonchev–Trinajstić information content (AvgIpc) is 2.55. The quantitative estimate of drug-likeness (QED) is 0.253. The van der Waals surface area contributed by atoms with Crippen molar-refractivity contribution in [3.05, 3.63) is 58.6 Å². The number of rotatable bonds is 7. The fraction of sp³-hybridized carbons (Fsp3) is 0.188. The van der Waals surface area contributed by atoms with Gasteiger partial charge in [-0.1, -0.05) is 0 Å². The molecule has 120 valence electrons. The molecule has 0 amide bonds. The monoisotopic (exact) mass is 333 g/mol. The van der Waals surface area contributed by atoms with Crippen LogP contribution in [-0.4, -0.2) is 23.3 Å². The van der Waals surface area contributed by atoms with E-state index < -0.39 is 10.9 Å². The molecule has 2 aromatic rings. The molecule has 0 spiro atoms. The van der Waals surface area contributed by atoms with E-state index in [9.17, 15) is 14.9 Å². The molecule has 0 heterocycles. The number of nitro benzene ring substituents is 1. The maximum absolute atomic E-state index is 11.8. The summed E-state index contributed by atoms with van der Waals surface area (Å²) in [5.74, 6) is 0.793. The van der Waals surface area contributed by atoms with E-state index in [2.05, 4.69) is 0 Å². The number of hydrogen-bond acceptors (Lipinski definition) is 6. The molecule has 0 aliphatic rings. The van der Waals surface area contributed by atoms with Crippen LogP contribution in [0.4, 0.5) is 5.69 Å². The molecular formula is C16H15NO5S. The summed E-state index contributed by atoms with van der Waals surface area (Å²) in [6.45, 7) is 2.52. The molecule has 6 nitrogen and oxygen atoms in total. The number of carbonyl (C=O) groups excluding carboxylic acids is 1. The highest BCUT2D eigenvalue weighted by molar-refractivity contribution is 8.00. The van der Waals surface area contributed by atoms with Gasteiger partial charge in [0.25, 0.3) is 5.69 Å². The largest absolute Gasteiger partial charge is 0.494 e. The topological polar surface area (TPSA) is 78.7 Å². The third-order valence-corrected chi connectivity index (χ3v) is 3.76. The Morgan fingerprint density at radius 2 is 1.70 bits per heavy atom. The average molecular weight is 333 g/mol. The molecule has 0 bridgehead atoms. The number of carbonyl (C=O) groups is 1. The minimum atomic E-state index is -0.507. The molecule has 2 rings (SSSR count). The van der Waals surface area contributed by atoms with E-state index >= 15 is 0 Å². The fourth-order valence-electron chi connectivity index (χ4n) is 1.74. The number of ether oxygens (including phenoxy) is 2. The van der Waals surface area contributed by atoms with Crippen LogP contribution in [0, 0.1) is 10.1 Å². The van der Waals surface area contributed by atoms with E-state index in [-0.39, 0.29) is 17.2 Å². The summed E-state index contributed by atoms with van der Waals surface area (Å²) in [5.41, 5.74) is -0.0476. The second-order valence-electron chi connectivity index (χ2n) is 4.42. The zero-order valence-electron chi connectivity index (χ0n) is 12.4. The van der Waals surface area contributed by atoms with Crippen molar-refractivity contribution in [3.8, 4) is 11.5 Å². The number of non-ortho nitro benzene ring substituents is 1. The normalized spacial score (nSPS) is 10.1. The Labute approximate surface area is 137 Å². The van der Waals surface area contributed by atoms with Crippen LogP contribution in [0.2, 0.25) is 0 Å². The van der Waals surface area contributed by atoms with E-state index in [4.69, 9.17) is 9.47 Å². The lowest BCUT2D eigenvalue weighted by Crippen LogP contribution is -2.10. The summed E-state index contributed by atoms with van der Waals surface area (Å²) in [4.78, 5) is 22.7. The van der Waals surface area contributed by atoms with Crippen LogP contribution in [-0.2, 0) is 4.79 Å². The van der Waals surface area contributed by atoms with Crippen molar-refractivity contribution < 1.29 is 19.2 Å². The van der Waals surface area contributed by atoms with E-state index in [1.54, 1.807) is 0 Å². The summed E-state index contributed by atoms with van der Waals surface area (Å²) >= 11 is 1.34. The van der Waals surface area contributed by atoms with Crippen molar-refractivity contribution in [3.63, 3.8) is 0 Å². The molecule has 0 saturated carbocycles. The first-order valence-electron chi connectivity index (χ1n) is 6.89. The van der Waals surface area contributed by atoms with Gasteiger partial charge < -0.3 is 9.47 Å². The number of nitro groups is 1. The van der Waals surface area contributed by atoms with Crippen LogP contribution in [0.15, 0.2) is 53.4 Å². The van der Waals surface area contributed by atoms with Crippen LogP contribution < -0.4 is 9.47 Å². The Bertz CT molecular complexity index is 670. The molecule has 23 heavy (non-hydrogen) atoms. The highest BCUT2D eigenvalue weighted by atomic mass is 32.2. The number of thioether (sulfide) groups is 1.